The van der Waals surface area contributed by atoms with E-state index in [-0.39, 0.29) is 11.3 Å². The van der Waals surface area contributed by atoms with Crippen LogP contribution in [0.5, 0.6) is 5.75 Å². The molecule has 0 saturated heterocycles. The van der Waals surface area contributed by atoms with Crippen LogP contribution >= 0.6 is 0 Å². The van der Waals surface area contributed by atoms with Crippen molar-refractivity contribution in [3.05, 3.63) is 66.2 Å². The number of phenols is 1. The summed E-state index contributed by atoms with van der Waals surface area (Å²) in [6.07, 6.45) is 0. The molecule has 0 aliphatic rings. The van der Waals surface area contributed by atoms with Gasteiger partial charge in [-0.25, -0.2) is 4.79 Å². The highest BCUT2D eigenvalue weighted by molar-refractivity contribution is 5.98. The molecule has 0 unspecified atom stereocenters. The SMILES string of the molecule is O=C(O)c1cc2cc(-c3ccccc3)ccc2cc1O. The summed E-state index contributed by atoms with van der Waals surface area (Å²) in [5, 5.41) is 20.3. The molecule has 0 aromatic heterocycles. The maximum absolute atomic E-state index is 11.1. The van der Waals surface area contributed by atoms with Crippen molar-refractivity contribution in [3.8, 4) is 16.9 Å². The highest BCUT2D eigenvalue weighted by Crippen LogP contribution is 2.29. The Hall–Kier alpha value is -2.81. The van der Waals surface area contributed by atoms with Gasteiger partial charge in [0.05, 0.1) is 0 Å². The summed E-state index contributed by atoms with van der Waals surface area (Å²) in [7, 11) is 0. The van der Waals surface area contributed by atoms with Gasteiger partial charge in [0.2, 0.25) is 0 Å². The molecule has 3 aromatic carbocycles. The van der Waals surface area contributed by atoms with Crippen LogP contribution in [0, 0.1) is 0 Å². The Balaban J connectivity index is 2.20. The van der Waals surface area contributed by atoms with Crippen LogP contribution in [0.1, 0.15) is 10.4 Å². The lowest BCUT2D eigenvalue weighted by molar-refractivity contribution is 0.0694. The molecule has 0 radical (unpaired) electrons. The second kappa shape index (κ2) is 4.70. The quantitative estimate of drug-likeness (QED) is 0.737. The lowest BCUT2D eigenvalue weighted by Crippen LogP contribution is -1.96. The Labute approximate surface area is 115 Å². The van der Waals surface area contributed by atoms with Crippen LogP contribution in [0.2, 0.25) is 0 Å². The topological polar surface area (TPSA) is 57.5 Å². The summed E-state index contributed by atoms with van der Waals surface area (Å²) in [5.74, 6) is -1.34. The van der Waals surface area contributed by atoms with Gasteiger partial charge in [0.1, 0.15) is 11.3 Å². The fourth-order valence-corrected chi connectivity index (χ4v) is 2.27. The van der Waals surface area contributed by atoms with Gasteiger partial charge in [-0.3, -0.25) is 0 Å². The molecule has 0 atom stereocenters. The first-order chi connectivity index (χ1) is 9.65. The molecule has 0 aliphatic carbocycles. The van der Waals surface area contributed by atoms with Crippen molar-refractivity contribution in [3.63, 3.8) is 0 Å². The third kappa shape index (κ3) is 2.10. The largest absolute Gasteiger partial charge is 0.507 e. The number of carboxylic acid groups (broad SMARTS) is 1. The van der Waals surface area contributed by atoms with Crippen LogP contribution in [0.25, 0.3) is 21.9 Å². The minimum absolute atomic E-state index is 0.0808. The zero-order valence-corrected chi connectivity index (χ0v) is 10.6. The number of carboxylic acids is 1. The molecular weight excluding hydrogens is 252 g/mol. The van der Waals surface area contributed by atoms with Crippen molar-refractivity contribution >= 4 is 16.7 Å². The molecule has 0 bridgehead atoms. The van der Waals surface area contributed by atoms with Crippen LogP contribution in [0.3, 0.4) is 0 Å². The molecular formula is C17H12O3. The first-order valence-electron chi connectivity index (χ1n) is 6.20. The number of aromatic hydroxyl groups is 1. The van der Waals surface area contributed by atoms with Crippen molar-refractivity contribution in [2.45, 2.75) is 0 Å². The molecule has 0 heterocycles. The van der Waals surface area contributed by atoms with Gasteiger partial charge in [0.25, 0.3) is 0 Å². The van der Waals surface area contributed by atoms with E-state index >= 15 is 0 Å². The Morgan fingerprint density at radius 2 is 1.55 bits per heavy atom. The maximum Gasteiger partial charge on any atom is 0.339 e. The Bertz CT molecular complexity index is 792. The molecule has 98 valence electrons. The molecule has 0 amide bonds. The van der Waals surface area contributed by atoms with E-state index in [1.807, 2.05) is 48.5 Å². The predicted molar refractivity (Wildman–Crippen MR) is 78.0 cm³/mol. The van der Waals surface area contributed by atoms with E-state index in [4.69, 9.17) is 5.11 Å². The summed E-state index contributed by atoms with van der Waals surface area (Å²) >= 11 is 0. The molecule has 0 saturated carbocycles. The zero-order valence-electron chi connectivity index (χ0n) is 10.6. The average molecular weight is 264 g/mol. The molecule has 20 heavy (non-hydrogen) atoms. The third-order valence-corrected chi connectivity index (χ3v) is 3.29. The Kier molecular flexibility index (Phi) is 2.88. The molecule has 2 N–H and O–H groups in total. The van der Waals surface area contributed by atoms with Crippen LogP contribution < -0.4 is 0 Å². The van der Waals surface area contributed by atoms with Gasteiger partial charge < -0.3 is 10.2 Å². The van der Waals surface area contributed by atoms with Gasteiger partial charge in [-0.15, -0.1) is 0 Å². The van der Waals surface area contributed by atoms with Crippen molar-refractivity contribution in [1.29, 1.82) is 0 Å². The van der Waals surface area contributed by atoms with Crippen LogP contribution in [0.15, 0.2) is 60.7 Å². The van der Waals surface area contributed by atoms with Crippen molar-refractivity contribution < 1.29 is 15.0 Å². The Morgan fingerprint density at radius 1 is 0.800 bits per heavy atom. The summed E-state index contributed by atoms with van der Waals surface area (Å²) in [4.78, 5) is 11.1. The van der Waals surface area contributed by atoms with Gasteiger partial charge in [0.15, 0.2) is 0 Å². The van der Waals surface area contributed by atoms with E-state index in [9.17, 15) is 9.90 Å². The van der Waals surface area contributed by atoms with Crippen molar-refractivity contribution in [2.75, 3.05) is 0 Å². The summed E-state index contributed by atoms with van der Waals surface area (Å²) in [5.41, 5.74) is 2.00. The molecule has 3 heteroatoms. The number of aromatic carboxylic acids is 1. The zero-order chi connectivity index (χ0) is 14.1. The van der Waals surface area contributed by atoms with E-state index in [0.29, 0.717) is 0 Å². The fraction of sp³-hybridized carbons (Fsp3) is 0. The standard InChI is InChI=1S/C17H12O3/c18-16-10-13-7-6-12(11-4-2-1-3-5-11)8-14(13)9-15(16)17(19)20/h1-10,18H,(H,19,20). The predicted octanol–water partition coefficient (Wildman–Crippen LogP) is 3.91. The fourth-order valence-electron chi connectivity index (χ4n) is 2.27. The van der Waals surface area contributed by atoms with Gasteiger partial charge in [0, 0.05) is 0 Å². The minimum atomic E-state index is -1.13. The highest BCUT2D eigenvalue weighted by Gasteiger charge is 2.11. The average Bonchev–Trinajstić information content (AvgIpc) is 2.47. The van der Waals surface area contributed by atoms with Gasteiger partial charge in [-0.2, -0.15) is 0 Å². The smallest absolute Gasteiger partial charge is 0.339 e. The van der Waals surface area contributed by atoms with E-state index in [1.54, 1.807) is 0 Å². The molecule has 0 aliphatic heterocycles. The Morgan fingerprint density at radius 3 is 2.25 bits per heavy atom. The number of hydrogen-bond donors (Lipinski definition) is 2. The van der Waals surface area contributed by atoms with E-state index < -0.39 is 5.97 Å². The number of benzene rings is 3. The van der Waals surface area contributed by atoms with Crippen molar-refractivity contribution in [2.24, 2.45) is 0 Å². The third-order valence-electron chi connectivity index (χ3n) is 3.29. The first kappa shape index (κ1) is 12.2. The highest BCUT2D eigenvalue weighted by atomic mass is 16.4. The summed E-state index contributed by atoms with van der Waals surface area (Å²) in [6.45, 7) is 0. The van der Waals surface area contributed by atoms with Crippen molar-refractivity contribution in [1.82, 2.24) is 0 Å². The molecule has 0 spiro atoms. The van der Waals surface area contributed by atoms with Crippen LogP contribution in [-0.4, -0.2) is 16.2 Å². The molecule has 3 nitrogen and oxygen atoms in total. The number of rotatable bonds is 2. The number of carbonyl (C=O) groups is 1. The molecule has 3 aromatic rings. The second-order valence-electron chi connectivity index (χ2n) is 4.60. The first-order valence-corrected chi connectivity index (χ1v) is 6.20. The van der Waals surface area contributed by atoms with Crippen LogP contribution in [-0.2, 0) is 0 Å². The number of hydrogen-bond acceptors (Lipinski definition) is 2. The maximum atomic E-state index is 11.1. The summed E-state index contributed by atoms with van der Waals surface area (Å²) in [6, 6.07) is 18.6. The molecule has 0 fully saturated rings. The molecule has 3 rings (SSSR count). The lowest BCUT2D eigenvalue weighted by Gasteiger charge is -2.06. The minimum Gasteiger partial charge on any atom is -0.507 e. The van der Waals surface area contributed by atoms with Crippen LogP contribution in [0.4, 0.5) is 0 Å². The number of fused-ring (bicyclic) bond motifs is 1. The second-order valence-corrected chi connectivity index (χ2v) is 4.60. The van der Waals surface area contributed by atoms with E-state index in [0.717, 1.165) is 21.9 Å². The monoisotopic (exact) mass is 264 g/mol. The van der Waals surface area contributed by atoms with E-state index in [1.165, 1.54) is 12.1 Å². The lowest BCUT2D eigenvalue weighted by atomic mass is 9.99. The van der Waals surface area contributed by atoms with E-state index in [2.05, 4.69) is 0 Å². The summed E-state index contributed by atoms with van der Waals surface area (Å²) < 4.78 is 0. The van der Waals surface area contributed by atoms with Gasteiger partial charge >= 0.3 is 5.97 Å². The van der Waals surface area contributed by atoms with Gasteiger partial charge in [-0.05, 0) is 40.1 Å². The van der Waals surface area contributed by atoms with Gasteiger partial charge in [-0.1, -0.05) is 42.5 Å². The normalized spacial score (nSPS) is 10.6.